The lowest BCUT2D eigenvalue weighted by Gasteiger charge is -2.32. The van der Waals surface area contributed by atoms with E-state index < -0.39 is 35.0 Å². The summed E-state index contributed by atoms with van der Waals surface area (Å²) in [4.78, 5) is 27.4. The highest BCUT2D eigenvalue weighted by Crippen LogP contribution is 2.60. The second kappa shape index (κ2) is 7.24. The van der Waals surface area contributed by atoms with Gasteiger partial charge in [-0.05, 0) is 56.4 Å². The summed E-state index contributed by atoms with van der Waals surface area (Å²) >= 11 is 1.42. The van der Waals surface area contributed by atoms with Crippen LogP contribution in [0.2, 0.25) is 0 Å². The monoisotopic (exact) mass is 441 g/mol. The summed E-state index contributed by atoms with van der Waals surface area (Å²) in [5, 5.41) is 12.4. The van der Waals surface area contributed by atoms with E-state index in [4.69, 9.17) is 0 Å². The number of benzene rings is 1. The number of hydrogen-bond donors (Lipinski definition) is 1. The van der Waals surface area contributed by atoms with Crippen molar-refractivity contribution in [2.45, 2.75) is 60.0 Å². The third-order valence-corrected chi connectivity index (χ3v) is 7.23. The van der Waals surface area contributed by atoms with Gasteiger partial charge in [0.15, 0.2) is 0 Å². The number of thioether (sulfide) groups is 1. The molecule has 0 aromatic heterocycles. The van der Waals surface area contributed by atoms with Crippen molar-refractivity contribution >= 4 is 23.6 Å². The van der Waals surface area contributed by atoms with Gasteiger partial charge < -0.3 is 5.32 Å². The molecule has 3 aliphatic rings. The molecule has 5 nitrogen and oxygen atoms in total. The van der Waals surface area contributed by atoms with Gasteiger partial charge in [-0.1, -0.05) is 0 Å². The summed E-state index contributed by atoms with van der Waals surface area (Å²) in [6.07, 6.45) is -4.79. The molecule has 160 valence electrons. The van der Waals surface area contributed by atoms with Gasteiger partial charge in [0.1, 0.15) is 16.8 Å². The molecule has 1 aromatic carbocycles. The molecule has 0 bridgehead atoms. The van der Waals surface area contributed by atoms with E-state index >= 15 is 0 Å². The third-order valence-electron chi connectivity index (χ3n) is 5.99. The number of rotatable bonds is 5. The average Bonchev–Trinajstić information content (AvgIpc) is 3.61. The number of hydrogen-bond acceptors (Lipinski definition) is 5. The van der Waals surface area contributed by atoms with E-state index in [2.05, 4.69) is 5.32 Å². The second-order valence-corrected chi connectivity index (χ2v) is 9.47. The molecule has 30 heavy (non-hydrogen) atoms. The number of halogens is 4. The Kier molecular flexibility index (Phi) is 5.10. The Morgan fingerprint density at radius 3 is 2.30 bits per heavy atom. The topological polar surface area (TPSA) is 73.2 Å². The molecule has 1 aliphatic heterocycles. The van der Waals surface area contributed by atoms with Gasteiger partial charge in [-0.15, -0.1) is 11.8 Å². The zero-order valence-corrected chi connectivity index (χ0v) is 16.7. The highest BCUT2D eigenvalue weighted by atomic mass is 32.2. The molecule has 0 radical (unpaired) electrons. The largest absolute Gasteiger partial charge is 0.403 e. The quantitative estimate of drug-likeness (QED) is 0.560. The standard InChI is InChI=1S/C20H19F4N3O2S/c21-12-1-3-13(4-2-12)30-14-9-15(26-10-14)16(28)27(18(11-25)5-6-18)17(29)19(7-8-19)20(22,23)24/h1-4,14-15,26H,5-10H2/t14-,15+/m1/s1. The summed E-state index contributed by atoms with van der Waals surface area (Å²) < 4.78 is 53.6. The number of carbonyl (C=O) groups excluding carboxylic acids is 2. The first-order valence-electron chi connectivity index (χ1n) is 9.64. The molecule has 2 aliphatic carbocycles. The van der Waals surface area contributed by atoms with Crippen LogP contribution in [0.1, 0.15) is 32.1 Å². The maximum absolute atomic E-state index is 13.5. The predicted octanol–water partition coefficient (Wildman–Crippen LogP) is 3.40. The number of nitrogens with zero attached hydrogens (tertiary/aromatic N) is 2. The summed E-state index contributed by atoms with van der Waals surface area (Å²) in [5.41, 5.74) is -4.02. The molecular weight excluding hydrogens is 422 g/mol. The Morgan fingerprint density at radius 2 is 1.80 bits per heavy atom. The molecule has 2 amide bonds. The Balaban J connectivity index is 1.50. The lowest BCUT2D eigenvalue weighted by atomic mass is 10.0. The minimum absolute atomic E-state index is 0.0731. The van der Waals surface area contributed by atoms with Gasteiger partial charge in [0, 0.05) is 16.7 Å². The van der Waals surface area contributed by atoms with E-state index in [0.717, 1.165) is 4.90 Å². The van der Waals surface area contributed by atoms with Crippen LogP contribution in [0.25, 0.3) is 0 Å². The third kappa shape index (κ3) is 3.58. The lowest BCUT2D eigenvalue weighted by molar-refractivity contribution is -0.200. The maximum Gasteiger partial charge on any atom is 0.403 e. The van der Waals surface area contributed by atoms with E-state index in [0.29, 0.717) is 17.9 Å². The van der Waals surface area contributed by atoms with Gasteiger partial charge in [-0.3, -0.25) is 14.5 Å². The summed E-state index contributed by atoms with van der Waals surface area (Å²) in [6, 6.07) is 6.92. The minimum Gasteiger partial charge on any atom is -0.305 e. The molecule has 1 aromatic rings. The zero-order chi connectivity index (χ0) is 21.7. The maximum atomic E-state index is 13.5. The number of alkyl halides is 3. The first-order valence-corrected chi connectivity index (χ1v) is 10.5. The molecule has 1 N–H and O–H groups in total. The van der Waals surface area contributed by atoms with E-state index in [1.807, 2.05) is 6.07 Å². The average molecular weight is 441 g/mol. The van der Waals surface area contributed by atoms with Crippen molar-refractivity contribution in [2.24, 2.45) is 5.41 Å². The van der Waals surface area contributed by atoms with Crippen molar-refractivity contribution in [1.82, 2.24) is 10.2 Å². The molecule has 4 rings (SSSR count). The minimum atomic E-state index is -4.75. The van der Waals surface area contributed by atoms with Gasteiger partial charge in [0.05, 0.1) is 12.1 Å². The van der Waals surface area contributed by atoms with E-state index in [9.17, 15) is 32.4 Å². The molecule has 10 heteroatoms. The smallest absolute Gasteiger partial charge is 0.305 e. The molecule has 0 unspecified atom stereocenters. The van der Waals surface area contributed by atoms with Crippen LogP contribution in [0.3, 0.4) is 0 Å². The normalized spacial score (nSPS) is 26.0. The molecule has 2 saturated carbocycles. The van der Waals surface area contributed by atoms with Crippen LogP contribution in [0.15, 0.2) is 29.2 Å². The van der Waals surface area contributed by atoms with Crippen molar-refractivity contribution in [3.63, 3.8) is 0 Å². The van der Waals surface area contributed by atoms with Crippen LogP contribution in [0.4, 0.5) is 17.6 Å². The van der Waals surface area contributed by atoms with Crippen molar-refractivity contribution in [3.05, 3.63) is 30.1 Å². The fourth-order valence-corrected chi connectivity index (χ4v) is 4.96. The Morgan fingerprint density at radius 1 is 1.17 bits per heavy atom. The SMILES string of the molecule is N#CC1(N(C(=O)[C@@H]2C[C@@H](Sc3ccc(F)cc3)CN2)C(=O)C2(C(F)(F)F)CC2)CC1. The Labute approximate surface area is 174 Å². The van der Waals surface area contributed by atoms with E-state index in [1.165, 1.54) is 23.9 Å². The van der Waals surface area contributed by atoms with Crippen LogP contribution in [0, 0.1) is 22.6 Å². The first kappa shape index (κ1) is 21.1. The predicted molar refractivity (Wildman–Crippen MR) is 99.6 cm³/mol. The first-order chi connectivity index (χ1) is 14.1. The number of nitrogens with one attached hydrogen (secondary N) is 1. The summed E-state index contributed by atoms with van der Waals surface area (Å²) in [5.74, 6) is -2.43. The Bertz CT molecular complexity index is 904. The molecule has 2 atom stereocenters. The van der Waals surface area contributed by atoms with Gasteiger partial charge in [-0.2, -0.15) is 18.4 Å². The second-order valence-electron chi connectivity index (χ2n) is 8.09. The number of imide groups is 1. The van der Waals surface area contributed by atoms with E-state index in [-0.39, 0.29) is 36.8 Å². The highest BCUT2D eigenvalue weighted by Gasteiger charge is 2.72. The lowest BCUT2D eigenvalue weighted by Crippen LogP contribution is -2.56. The van der Waals surface area contributed by atoms with Gasteiger partial charge in [0.25, 0.3) is 0 Å². The fourth-order valence-electron chi connectivity index (χ4n) is 3.81. The van der Waals surface area contributed by atoms with Gasteiger partial charge in [0.2, 0.25) is 11.8 Å². The van der Waals surface area contributed by atoms with Crippen molar-refractivity contribution in [3.8, 4) is 6.07 Å². The molecule has 1 saturated heterocycles. The van der Waals surface area contributed by atoms with Gasteiger partial charge >= 0.3 is 6.18 Å². The number of nitriles is 1. The Hall–Kier alpha value is -2.12. The molecular formula is C20H19F4N3O2S. The fraction of sp³-hybridized carbons (Fsp3) is 0.550. The van der Waals surface area contributed by atoms with Crippen LogP contribution >= 0.6 is 11.8 Å². The number of carbonyl (C=O) groups is 2. The molecule has 1 heterocycles. The van der Waals surface area contributed by atoms with Crippen molar-refractivity contribution in [2.75, 3.05) is 6.54 Å². The van der Waals surface area contributed by atoms with Crippen molar-refractivity contribution in [1.29, 1.82) is 5.26 Å². The van der Waals surface area contributed by atoms with Crippen LogP contribution in [-0.2, 0) is 9.59 Å². The van der Waals surface area contributed by atoms with Crippen LogP contribution < -0.4 is 5.32 Å². The van der Waals surface area contributed by atoms with E-state index in [1.54, 1.807) is 12.1 Å². The summed E-state index contributed by atoms with van der Waals surface area (Å²) in [6.45, 7) is 0.407. The summed E-state index contributed by atoms with van der Waals surface area (Å²) in [7, 11) is 0. The molecule has 0 spiro atoms. The molecule has 3 fully saturated rings. The number of amides is 2. The highest BCUT2D eigenvalue weighted by molar-refractivity contribution is 8.00. The van der Waals surface area contributed by atoms with Gasteiger partial charge in [-0.25, -0.2) is 4.39 Å². The van der Waals surface area contributed by atoms with Crippen molar-refractivity contribution < 1.29 is 27.2 Å². The zero-order valence-electron chi connectivity index (χ0n) is 15.8. The van der Waals surface area contributed by atoms with Crippen LogP contribution in [0.5, 0.6) is 0 Å². The van der Waals surface area contributed by atoms with Crippen LogP contribution in [-0.4, -0.2) is 46.3 Å².